The summed E-state index contributed by atoms with van der Waals surface area (Å²) in [5, 5.41) is 0. The fourth-order valence-electron chi connectivity index (χ4n) is 4.50. The highest BCUT2D eigenvalue weighted by Gasteiger charge is 2.32. The van der Waals surface area contributed by atoms with Crippen molar-refractivity contribution in [1.82, 2.24) is 0 Å². The number of nitrogens with zero attached hydrogens (tertiary/aromatic N) is 4. The van der Waals surface area contributed by atoms with E-state index < -0.39 is 0 Å². The Kier molecular flexibility index (Phi) is 13.3. The topological polar surface area (TPSA) is 86.4 Å². The number of aliphatic imine (C=N–C) groups is 4. The van der Waals surface area contributed by atoms with E-state index in [9.17, 15) is 0 Å². The van der Waals surface area contributed by atoms with Crippen LogP contribution < -0.4 is 0 Å². The molecular formula is C28H50N4O4. The fraction of sp³-hybridized carbons (Fsp3) is 0.857. The van der Waals surface area contributed by atoms with Gasteiger partial charge in [0.05, 0.1) is 26.4 Å². The monoisotopic (exact) mass is 506 g/mol. The lowest BCUT2D eigenvalue weighted by Gasteiger charge is -2.28. The molecule has 2 aliphatic heterocycles. The maximum absolute atomic E-state index is 5.88. The van der Waals surface area contributed by atoms with Crippen LogP contribution in [-0.4, -0.2) is 74.2 Å². The highest BCUT2D eigenvalue weighted by Crippen LogP contribution is 2.23. The van der Waals surface area contributed by atoms with Crippen molar-refractivity contribution in [3.8, 4) is 0 Å². The van der Waals surface area contributed by atoms with Crippen LogP contribution >= 0.6 is 0 Å². The molecule has 0 aromatic heterocycles. The van der Waals surface area contributed by atoms with Crippen molar-refractivity contribution < 1.29 is 18.9 Å². The number of ether oxygens (including phenoxy) is 4. The van der Waals surface area contributed by atoms with Crippen molar-refractivity contribution in [2.75, 3.05) is 26.4 Å². The molecule has 0 spiro atoms. The van der Waals surface area contributed by atoms with Crippen LogP contribution in [0.4, 0.5) is 0 Å². The van der Waals surface area contributed by atoms with Crippen LogP contribution in [0.1, 0.15) is 93.9 Å². The van der Waals surface area contributed by atoms with Gasteiger partial charge in [0, 0.05) is 0 Å². The summed E-state index contributed by atoms with van der Waals surface area (Å²) in [5.41, 5.74) is 0. The van der Waals surface area contributed by atoms with Crippen molar-refractivity contribution in [2.45, 2.75) is 118 Å². The highest BCUT2D eigenvalue weighted by atomic mass is 16.5. The maximum Gasteiger partial charge on any atom is 0.210 e. The molecular weight excluding hydrogens is 456 g/mol. The van der Waals surface area contributed by atoms with E-state index in [4.69, 9.17) is 38.9 Å². The molecule has 0 aromatic carbocycles. The third kappa shape index (κ3) is 8.77. The average molecular weight is 507 g/mol. The Labute approximate surface area is 219 Å². The van der Waals surface area contributed by atoms with Crippen molar-refractivity contribution in [3.63, 3.8) is 0 Å². The van der Waals surface area contributed by atoms with Gasteiger partial charge in [-0.1, -0.05) is 53.4 Å². The van der Waals surface area contributed by atoms with Crippen molar-refractivity contribution in [2.24, 2.45) is 31.8 Å². The van der Waals surface area contributed by atoms with Crippen LogP contribution in [0, 0.1) is 11.8 Å². The molecule has 0 saturated heterocycles. The fourth-order valence-corrected chi connectivity index (χ4v) is 4.50. The number of hydrogen-bond donors (Lipinski definition) is 0. The molecule has 0 amide bonds. The molecule has 0 fully saturated rings. The van der Waals surface area contributed by atoms with Crippen LogP contribution in [0.15, 0.2) is 20.0 Å². The SMILES string of the molecule is CCOC1=N[C@H](CCCCCC[C@H]2N=C(OCC)C(C(C)C)N=C2OCC)C(OCC)=NC1C(C)C. The van der Waals surface area contributed by atoms with E-state index in [1.165, 1.54) is 0 Å². The Balaban J connectivity index is 1.90. The number of unbranched alkanes of at least 4 members (excludes halogenated alkanes) is 3. The average Bonchev–Trinajstić information content (AvgIpc) is 2.84. The van der Waals surface area contributed by atoms with Gasteiger partial charge in [0.25, 0.3) is 0 Å². The van der Waals surface area contributed by atoms with Crippen LogP contribution in [0.2, 0.25) is 0 Å². The van der Waals surface area contributed by atoms with Gasteiger partial charge in [-0.2, -0.15) is 0 Å². The summed E-state index contributed by atoms with van der Waals surface area (Å²) < 4.78 is 23.5. The molecule has 0 aromatic rings. The van der Waals surface area contributed by atoms with Gasteiger partial charge in [-0.25, -0.2) is 20.0 Å². The van der Waals surface area contributed by atoms with Gasteiger partial charge < -0.3 is 18.9 Å². The van der Waals surface area contributed by atoms with Crippen molar-refractivity contribution in [3.05, 3.63) is 0 Å². The summed E-state index contributed by atoms with van der Waals surface area (Å²) in [6.45, 7) is 19.0. The lowest BCUT2D eigenvalue weighted by atomic mass is 9.99. The standard InChI is InChI=1S/C28H50N4O4/c1-9-33-25-21(29-27(35-11-3)23(31-25)19(5)6)17-15-13-14-16-18-22-26(34-10-2)32-24(20(7)8)28(30-22)36-12-4/h19-24H,9-18H2,1-8H3/t21-,22-,23?,24?/m1/s1. The van der Waals surface area contributed by atoms with Crippen molar-refractivity contribution in [1.29, 1.82) is 0 Å². The van der Waals surface area contributed by atoms with E-state index in [0.717, 1.165) is 62.1 Å². The van der Waals surface area contributed by atoms with Crippen LogP contribution in [0.5, 0.6) is 0 Å². The Bertz CT molecular complexity index is 712. The van der Waals surface area contributed by atoms with Crippen LogP contribution in [0.25, 0.3) is 0 Å². The lowest BCUT2D eigenvalue weighted by molar-refractivity contribution is 0.272. The summed E-state index contributed by atoms with van der Waals surface area (Å²) in [4.78, 5) is 19.6. The first-order chi connectivity index (χ1) is 17.4. The van der Waals surface area contributed by atoms with E-state index in [1.807, 2.05) is 27.7 Å². The first-order valence-electron chi connectivity index (χ1n) is 14.2. The van der Waals surface area contributed by atoms with E-state index in [1.54, 1.807) is 0 Å². The molecule has 8 nitrogen and oxygen atoms in total. The smallest absolute Gasteiger partial charge is 0.210 e. The van der Waals surface area contributed by atoms with E-state index in [-0.39, 0.29) is 24.2 Å². The molecule has 36 heavy (non-hydrogen) atoms. The Morgan fingerprint density at radius 3 is 1.14 bits per heavy atom. The van der Waals surface area contributed by atoms with E-state index in [2.05, 4.69) is 27.7 Å². The second-order valence-electron chi connectivity index (χ2n) is 10.0. The summed E-state index contributed by atoms with van der Waals surface area (Å²) in [6.07, 6.45) is 6.19. The minimum atomic E-state index is -0.0585. The molecule has 0 aliphatic carbocycles. The zero-order chi connectivity index (χ0) is 26.5. The molecule has 0 saturated carbocycles. The minimum absolute atomic E-state index is 0.0529. The third-order valence-corrected chi connectivity index (χ3v) is 6.31. The molecule has 0 radical (unpaired) electrons. The van der Waals surface area contributed by atoms with Gasteiger partial charge >= 0.3 is 0 Å². The van der Waals surface area contributed by atoms with Crippen LogP contribution in [0.3, 0.4) is 0 Å². The molecule has 4 atom stereocenters. The molecule has 8 heteroatoms. The molecule has 2 heterocycles. The van der Waals surface area contributed by atoms with Gasteiger partial charge in [-0.15, -0.1) is 0 Å². The predicted octanol–water partition coefficient (Wildman–Crippen LogP) is 5.88. The van der Waals surface area contributed by atoms with E-state index in [0.29, 0.717) is 38.3 Å². The highest BCUT2D eigenvalue weighted by molar-refractivity contribution is 5.94. The summed E-state index contributed by atoms with van der Waals surface area (Å²) in [6, 6.07) is -0.223. The van der Waals surface area contributed by atoms with Gasteiger partial charge in [0.15, 0.2) is 0 Å². The molecule has 2 rings (SSSR count). The molecule has 206 valence electrons. The van der Waals surface area contributed by atoms with Gasteiger partial charge in [0.2, 0.25) is 23.6 Å². The second-order valence-corrected chi connectivity index (χ2v) is 10.0. The minimum Gasteiger partial charge on any atom is -0.480 e. The zero-order valence-corrected chi connectivity index (χ0v) is 24.0. The third-order valence-electron chi connectivity index (χ3n) is 6.31. The summed E-state index contributed by atoms with van der Waals surface area (Å²) in [5.74, 6) is 3.66. The lowest BCUT2D eigenvalue weighted by Crippen LogP contribution is -2.38. The molecule has 2 aliphatic rings. The van der Waals surface area contributed by atoms with Gasteiger partial charge in [-0.3, -0.25) is 0 Å². The predicted molar refractivity (Wildman–Crippen MR) is 149 cm³/mol. The zero-order valence-electron chi connectivity index (χ0n) is 24.0. The Hall–Kier alpha value is -2.12. The Morgan fingerprint density at radius 1 is 0.500 bits per heavy atom. The first kappa shape index (κ1) is 30.1. The van der Waals surface area contributed by atoms with Crippen LogP contribution in [-0.2, 0) is 18.9 Å². The summed E-state index contributed by atoms with van der Waals surface area (Å²) in [7, 11) is 0. The molecule has 0 N–H and O–H groups in total. The van der Waals surface area contributed by atoms with Crippen molar-refractivity contribution >= 4 is 23.6 Å². The quantitative estimate of drug-likeness (QED) is 0.292. The van der Waals surface area contributed by atoms with Gasteiger partial charge in [0.1, 0.15) is 24.2 Å². The second kappa shape index (κ2) is 15.9. The maximum atomic E-state index is 5.88. The molecule has 0 bridgehead atoms. The first-order valence-corrected chi connectivity index (χ1v) is 14.2. The largest absolute Gasteiger partial charge is 0.480 e. The Morgan fingerprint density at radius 2 is 0.833 bits per heavy atom. The number of hydrogen-bond acceptors (Lipinski definition) is 8. The van der Waals surface area contributed by atoms with E-state index >= 15 is 0 Å². The normalized spacial score (nSPS) is 24.2. The molecule has 2 unspecified atom stereocenters. The number of rotatable bonds is 13. The van der Waals surface area contributed by atoms with Gasteiger partial charge in [-0.05, 0) is 52.4 Å². The summed E-state index contributed by atoms with van der Waals surface area (Å²) >= 11 is 0.